The Bertz CT molecular complexity index is 548. The number of hydrogen-bond acceptors (Lipinski definition) is 2. The molecule has 0 aliphatic carbocycles. The Morgan fingerprint density at radius 2 is 2.25 bits per heavy atom. The summed E-state index contributed by atoms with van der Waals surface area (Å²) in [5.41, 5.74) is 0.661. The molecule has 0 unspecified atom stereocenters. The lowest BCUT2D eigenvalue weighted by Crippen LogP contribution is -2.11. The van der Waals surface area contributed by atoms with Crippen molar-refractivity contribution in [1.82, 2.24) is 5.32 Å². The van der Waals surface area contributed by atoms with E-state index >= 15 is 0 Å². The number of halogens is 1. The molecule has 0 atom stereocenters. The lowest BCUT2D eigenvalue weighted by atomic mass is 10.2. The SMILES string of the molecule is CCNCC#Cc1cc2cc(F)ccc2o1. The highest BCUT2D eigenvalue weighted by atomic mass is 19.1. The lowest BCUT2D eigenvalue weighted by Gasteiger charge is -1.88. The van der Waals surface area contributed by atoms with Gasteiger partial charge < -0.3 is 9.73 Å². The number of furan rings is 1. The maximum atomic E-state index is 12.9. The lowest BCUT2D eigenvalue weighted by molar-refractivity contribution is 0.597. The van der Waals surface area contributed by atoms with E-state index in [0.29, 0.717) is 17.9 Å². The zero-order valence-electron chi connectivity index (χ0n) is 9.01. The van der Waals surface area contributed by atoms with Gasteiger partial charge in [0.15, 0.2) is 5.76 Å². The number of rotatable bonds is 2. The minimum atomic E-state index is -0.263. The van der Waals surface area contributed by atoms with Gasteiger partial charge in [-0.05, 0) is 30.7 Å². The molecule has 82 valence electrons. The number of nitrogens with one attached hydrogen (secondary N) is 1. The van der Waals surface area contributed by atoms with E-state index in [9.17, 15) is 4.39 Å². The molecule has 1 heterocycles. The van der Waals surface area contributed by atoms with Crippen molar-refractivity contribution in [1.29, 1.82) is 0 Å². The van der Waals surface area contributed by atoms with E-state index in [0.717, 1.165) is 11.9 Å². The highest BCUT2D eigenvalue weighted by Crippen LogP contribution is 2.19. The second-order valence-electron chi connectivity index (χ2n) is 3.37. The second kappa shape index (κ2) is 4.82. The Morgan fingerprint density at radius 1 is 1.38 bits per heavy atom. The molecule has 2 nitrogen and oxygen atoms in total. The molecule has 0 saturated carbocycles. The third kappa shape index (κ3) is 2.41. The van der Waals surface area contributed by atoms with Gasteiger partial charge >= 0.3 is 0 Å². The van der Waals surface area contributed by atoms with Gasteiger partial charge in [-0.15, -0.1) is 0 Å². The van der Waals surface area contributed by atoms with E-state index in [1.807, 2.05) is 6.92 Å². The average molecular weight is 217 g/mol. The molecule has 0 saturated heterocycles. The van der Waals surface area contributed by atoms with Crippen molar-refractivity contribution < 1.29 is 8.81 Å². The summed E-state index contributed by atoms with van der Waals surface area (Å²) in [5.74, 6) is 6.12. The first-order valence-electron chi connectivity index (χ1n) is 5.18. The van der Waals surface area contributed by atoms with Crippen LogP contribution in [-0.4, -0.2) is 13.1 Å². The van der Waals surface area contributed by atoms with Crippen LogP contribution < -0.4 is 5.32 Å². The van der Waals surface area contributed by atoms with Crippen LogP contribution in [0.5, 0.6) is 0 Å². The Morgan fingerprint density at radius 3 is 3.06 bits per heavy atom. The molecule has 0 aliphatic heterocycles. The molecule has 0 bridgehead atoms. The summed E-state index contributed by atoms with van der Waals surface area (Å²) in [6, 6.07) is 6.17. The van der Waals surface area contributed by atoms with E-state index in [1.54, 1.807) is 12.1 Å². The maximum absolute atomic E-state index is 12.9. The van der Waals surface area contributed by atoms with Crippen molar-refractivity contribution in [2.24, 2.45) is 0 Å². The number of benzene rings is 1. The van der Waals surface area contributed by atoms with E-state index in [4.69, 9.17) is 4.42 Å². The average Bonchev–Trinajstić information content (AvgIpc) is 2.66. The van der Waals surface area contributed by atoms with Crippen LogP contribution >= 0.6 is 0 Å². The first-order chi connectivity index (χ1) is 7.79. The van der Waals surface area contributed by atoms with Crippen LogP contribution in [0.3, 0.4) is 0 Å². The third-order valence-corrected chi connectivity index (χ3v) is 2.15. The van der Waals surface area contributed by atoms with Crippen LogP contribution in [0.2, 0.25) is 0 Å². The minimum absolute atomic E-state index is 0.263. The number of hydrogen-bond donors (Lipinski definition) is 1. The molecule has 0 fully saturated rings. The zero-order valence-corrected chi connectivity index (χ0v) is 9.01. The minimum Gasteiger partial charge on any atom is -0.448 e. The maximum Gasteiger partial charge on any atom is 0.178 e. The summed E-state index contributed by atoms with van der Waals surface area (Å²) in [6.45, 7) is 3.54. The number of fused-ring (bicyclic) bond motifs is 1. The van der Waals surface area contributed by atoms with Crippen molar-refractivity contribution in [3.63, 3.8) is 0 Å². The zero-order chi connectivity index (χ0) is 11.4. The summed E-state index contributed by atoms with van der Waals surface area (Å²) in [6.07, 6.45) is 0. The summed E-state index contributed by atoms with van der Waals surface area (Å²) >= 11 is 0. The van der Waals surface area contributed by atoms with Crippen molar-refractivity contribution in [2.45, 2.75) is 6.92 Å². The van der Waals surface area contributed by atoms with Crippen molar-refractivity contribution in [3.8, 4) is 11.8 Å². The Labute approximate surface area is 93.4 Å². The van der Waals surface area contributed by atoms with E-state index in [-0.39, 0.29) is 5.82 Å². The fraction of sp³-hybridized carbons (Fsp3) is 0.231. The van der Waals surface area contributed by atoms with E-state index < -0.39 is 0 Å². The van der Waals surface area contributed by atoms with Crippen LogP contribution in [-0.2, 0) is 0 Å². The molecule has 0 amide bonds. The van der Waals surface area contributed by atoms with Crippen molar-refractivity contribution in [3.05, 3.63) is 35.8 Å². The van der Waals surface area contributed by atoms with Gasteiger partial charge in [0.1, 0.15) is 11.4 Å². The summed E-state index contributed by atoms with van der Waals surface area (Å²) in [7, 11) is 0. The summed E-state index contributed by atoms with van der Waals surface area (Å²) < 4.78 is 18.3. The molecular weight excluding hydrogens is 205 g/mol. The summed E-state index contributed by atoms with van der Waals surface area (Å²) in [4.78, 5) is 0. The molecule has 16 heavy (non-hydrogen) atoms. The van der Waals surface area contributed by atoms with Gasteiger partial charge in [-0.3, -0.25) is 0 Å². The highest BCUT2D eigenvalue weighted by molar-refractivity contribution is 5.78. The predicted octanol–water partition coefficient (Wildman–Crippen LogP) is 2.53. The van der Waals surface area contributed by atoms with Gasteiger partial charge in [-0.25, -0.2) is 4.39 Å². The van der Waals surface area contributed by atoms with Crippen LogP contribution in [0, 0.1) is 17.7 Å². The van der Waals surface area contributed by atoms with Gasteiger partial charge in [0.25, 0.3) is 0 Å². The molecule has 2 aromatic rings. The van der Waals surface area contributed by atoms with Crippen molar-refractivity contribution >= 4 is 11.0 Å². The fourth-order valence-corrected chi connectivity index (χ4v) is 1.39. The molecule has 1 N–H and O–H groups in total. The quantitative estimate of drug-likeness (QED) is 0.617. The molecule has 0 aliphatic rings. The van der Waals surface area contributed by atoms with E-state index in [2.05, 4.69) is 17.2 Å². The van der Waals surface area contributed by atoms with E-state index in [1.165, 1.54) is 12.1 Å². The predicted molar refractivity (Wildman–Crippen MR) is 61.6 cm³/mol. The smallest absolute Gasteiger partial charge is 0.178 e. The summed E-state index contributed by atoms with van der Waals surface area (Å²) in [5, 5.41) is 3.83. The van der Waals surface area contributed by atoms with Gasteiger partial charge in [0.2, 0.25) is 0 Å². The van der Waals surface area contributed by atoms with Crippen LogP contribution in [0.1, 0.15) is 12.7 Å². The van der Waals surface area contributed by atoms with Gasteiger partial charge in [-0.1, -0.05) is 12.8 Å². The van der Waals surface area contributed by atoms with Crippen molar-refractivity contribution in [2.75, 3.05) is 13.1 Å². The van der Waals surface area contributed by atoms with Gasteiger partial charge in [-0.2, -0.15) is 0 Å². The monoisotopic (exact) mass is 217 g/mol. The highest BCUT2D eigenvalue weighted by Gasteiger charge is 2.01. The molecule has 2 rings (SSSR count). The standard InChI is InChI=1S/C13H12FNO/c1-2-15-7-3-4-12-9-10-8-11(14)5-6-13(10)16-12/h5-6,8-9,15H,2,7H2,1H3. The Hall–Kier alpha value is -1.79. The first kappa shape index (κ1) is 10.7. The molecule has 0 spiro atoms. The van der Waals surface area contributed by atoms with Crippen LogP contribution in [0.25, 0.3) is 11.0 Å². The molecule has 3 heteroatoms. The molecule has 1 aromatic carbocycles. The Balaban J connectivity index is 2.21. The Kier molecular flexibility index (Phi) is 3.23. The molecular formula is C13H12FNO. The molecule has 1 aromatic heterocycles. The van der Waals surface area contributed by atoms with Crippen LogP contribution in [0.15, 0.2) is 28.7 Å². The second-order valence-corrected chi connectivity index (χ2v) is 3.37. The largest absolute Gasteiger partial charge is 0.448 e. The normalized spacial score (nSPS) is 10.1. The first-order valence-corrected chi connectivity index (χ1v) is 5.18. The van der Waals surface area contributed by atoms with Gasteiger partial charge in [0, 0.05) is 11.5 Å². The molecule has 0 radical (unpaired) electrons. The van der Waals surface area contributed by atoms with Crippen LogP contribution in [0.4, 0.5) is 4.39 Å². The van der Waals surface area contributed by atoms with Gasteiger partial charge in [0.05, 0.1) is 6.54 Å². The third-order valence-electron chi connectivity index (χ3n) is 2.15. The fourth-order valence-electron chi connectivity index (χ4n) is 1.39. The topological polar surface area (TPSA) is 25.2 Å².